The summed E-state index contributed by atoms with van der Waals surface area (Å²) in [7, 11) is 0. The molecule has 1 fully saturated rings. The summed E-state index contributed by atoms with van der Waals surface area (Å²) in [5, 5.41) is 13.4. The van der Waals surface area contributed by atoms with Crippen molar-refractivity contribution in [3.63, 3.8) is 0 Å². The Morgan fingerprint density at radius 2 is 1.74 bits per heavy atom. The van der Waals surface area contributed by atoms with Crippen LogP contribution in [0.3, 0.4) is 0 Å². The number of aromatic nitrogens is 1. The minimum absolute atomic E-state index is 0.266. The summed E-state index contributed by atoms with van der Waals surface area (Å²) >= 11 is 6.81. The maximum Gasteiger partial charge on any atom is 0.161 e. The Balaban J connectivity index is 1.15. The number of nitrogens with zero attached hydrogens (tertiary/aromatic N) is 3. The Labute approximate surface area is 282 Å². The second-order valence-electron chi connectivity index (χ2n) is 12.0. The molecule has 4 aromatic rings. The van der Waals surface area contributed by atoms with E-state index < -0.39 is 0 Å². The monoisotopic (exact) mass is 652 g/mol. The Morgan fingerprint density at radius 3 is 2.60 bits per heavy atom. The van der Waals surface area contributed by atoms with Gasteiger partial charge in [0.2, 0.25) is 0 Å². The molecule has 3 heterocycles. The molecule has 9 heteroatoms. The number of piperidine rings is 1. The van der Waals surface area contributed by atoms with Crippen LogP contribution in [0.15, 0.2) is 67.0 Å². The van der Waals surface area contributed by atoms with Crippen molar-refractivity contribution in [2.24, 2.45) is 0 Å². The van der Waals surface area contributed by atoms with Gasteiger partial charge in [0, 0.05) is 36.1 Å². The Morgan fingerprint density at radius 1 is 0.915 bits per heavy atom. The summed E-state index contributed by atoms with van der Waals surface area (Å²) in [6.45, 7) is 8.86. The lowest BCUT2D eigenvalue weighted by molar-refractivity contribution is 0.171. The van der Waals surface area contributed by atoms with Crippen LogP contribution in [0, 0.1) is 18.3 Å². The van der Waals surface area contributed by atoms with E-state index in [2.05, 4.69) is 46.4 Å². The molecule has 1 N–H and O–H groups in total. The quantitative estimate of drug-likeness (QED) is 0.149. The predicted octanol–water partition coefficient (Wildman–Crippen LogP) is 7.48. The number of fused-ring (bicyclic) bond motifs is 1. The molecule has 0 unspecified atom stereocenters. The van der Waals surface area contributed by atoms with Crippen LogP contribution in [-0.4, -0.2) is 49.3 Å². The third kappa shape index (κ3) is 8.55. The third-order valence-corrected chi connectivity index (χ3v) is 9.00. The minimum atomic E-state index is 0.266. The van der Waals surface area contributed by atoms with E-state index in [1.165, 1.54) is 32.4 Å². The molecule has 0 amide bonds. The number of nitriles is 1. The van der Waals surface area contributed by atoms with Crippen LogP contribution < -0.4 is 24.3 Å². The van der Waals surface area contributed by atoms with Gasteiger partial charge in [-0.3, -0.25) is 4.98 Å². The molecule has 0 bridgehead atoms. The van der Waals surface area contributed by atoms with E-state index in [-0.39, 0.29) is 6.61 Å². The highest BCUT2D eigenvalue weighted by molar-refractivity contribution is 6.32. The minimum Gasteiger partial charge on any atom is -0.488 e. The highest BCUT2D eigenvalue weighted by Gasteiger charge is 2.16. The van der Waals surface area contributed by atoms with E-state index in [4.69, 9.17) is 30.5 Å². The zero-order valence-corrected chi connectivity index (χ0v) is 27.7. The van der Waals surface area contributed by atoms with E-state index >= 15 is 0 Å². The average Bonchev–Trinajstić information content (AvgIpc) is 3.11. The normalized spacial score (nSPS) is 14.4. The summed E-state index contributed by atoms with van der Waals surface area (Å²) in [6, 6.07) is 20.0. The first kappa shape index (κ1) is 32.6. The lowest BCUT2D eigenvalue weighted by Gasteiger charge is -2.26. The summed E-state index contributed by atoms with van der Waals surface area (Å²) < 4.78 is 24.2. The Kier molecular flexibility index (Phi) is 11.1. The van der Waals surface area contributed by atoms with Gasteiger partial charge in [0.25, 0.3) is 0 Å². The number of hydrogen-bond acceptors (Lipinski definition) is 8. The first-order valence-corrected chi connectivity index (χ1v) is 16.8. The summed E-state index contributed by atoms with van der Waals surface area (Å²) in [6.07, 6.45) is 8.30. The van der Waals surface area contributed by atoms with Crippen molar-refractivity contribution >= 4 is 11.6 Å². The second-order valence-corrected chi connectivity index (χ2v) is 12.4. The van der Waals surface area contributed by atoms with E-state index in [9.17, 15) is 5.26 Å². The van der Waals surface area contributed by atoms with Crippen LogP contribution in [0.25, 0.3) is 11.1 Å². The molecule has 0 radical (unpaired) electrons. The Bertz CT molecular complexity index is 1720. The second kappa shape index (κ2) is 16.0. The molecule has 6 rings (SSSR count). The molecule has 2 aliphatic rings. The van der Waals surface area contributed by atoms with E-state index in [0.717, 1.165) is 64.4 Å². The van der Waals surface area contributed by atoms with Gasteiger partial charge in [-0.1, -0.05) is 42.3 Å². The number of halogens is 1. The molecule has 2 aliphatic heterocycles. The fourth-order valence-electron chi connectivity index (χ4n) is 6.10. The van der Waals surface area contributed by atoms with Gasteiger partial charge in [-0.15, -0.1) is 0 Å². The number of pyridine rings is 1. The fourth-order valence-corrected chi connectivity index (χ4v) is 6.34. The SMILES string of the molecule is Cc1c(COc2cc(OCc3cncc(C#N)c3)c(CNCCCN3CCCCC3)cc2Cl)cccc1-c1ccc2c(c1)OCCO2. The van der Waals surface area contributed by atoms with E-state index in [0.29, 0.717) is 48.5 Å². The van der Waals surface area contributed by atoms with E-state index in [1.807, 2.05) is 30.3 Å². The molecule has 8 nitrogen and oxygen atoms in total. The molecule has 1 saturated heterocycles. The molecular weight excluding hydrogens is 612 g/mol. The molecule has 0 aliphatic carbocycles. The Hall–Kier alpha value is -4.29. The van der Waals surface area contributed by atoms with Gasteiger partial charge in [0.1, 0.15) is 44.0 Å². The number of hydrogen-bond donors (Lipinski definition) is 1. The third-order valence-electron chi connectivity index (χ3n) is 8.71. The molecule has 3 aromatic carbocycles. The smallest absolute Gasteiger partial charge is 0.161 e. The van der Waals surface area contributed by atoms with Crippen molar-refractivity contribution in [1.82, 2.24) is 15.2 Å². The molecule has 1 aromatic heterocycles. The lowest BCUT2D eigenvalue weighted by atomic mass is 9.96. The summed E-state index contributed by atoms with van der Waals surface area (Å²) in [4.78, 5) is 6.73. The number of rotatable bonds is 13. The van der Waals surface area contributed by atoms with Crippen LogP contribution in [0.1, 0.15) is 53.5 Å². The molecule has 0 saturated carbocycles. The largest absolute Gasteiger partial charge is 0.488 e. The first-order chi connectivity index (χ1) is 23.1. The van der Waals surface area contributed by atoms with Crippen molar-refractivity contribution < 1.29 is 18.9 Å². The molecular formula is C38H41ClN4O4. The van der Waals surface area contributed by atoms with Gasteiger partial charge < -0.3 is 29.2 Å². The average molecular weight is 653 g/mol. The van der Waals surface area contributed by atoms with Gasteiger partial charge in [0.15, 0.2) is 11.5 Å². The maximum absolute atomic E-state index is 9.30. The van der Waals surface area contributed by atoms with Gasteiger partial charge >= 0.3 is 0 Å². The van der Waals surface area contributed by atoms with Crippen molar-refractivity contribution in [1.29, 1.82) is 5.26 Å². The lowest BCUT2D eigenvalue weighted by Crippen LogP contribution is -2.32. The van der Waals surface area contributed by atoms with Gasteiger partial charge in [0.05, 0.1) is 10.6 Å². The van der Waals surface area contributed by atoms with Gasteiger partial charge in [-0.2, -0.15) is 5.26 Å². The number of likely N-dealkylation sites (tertiary alicyclic amines) is 1. The molecule has 244 valence electrons. The van der Waals surface area contributed by atoms with E-state index in [1.54, 1.807) is 18.5 Å². The predicted molar refractivity (Wildman–Crippen MR) is 183 cm³/mol. The van der Waals surface area contributed by atoms with Crippen LogP contribution >= 0.6 is 11.6 Å². The van der Waals surface area contributed by atoms with Crippen LogP contribution in [0.2, 0.25) is 5.02 Å². The number of nitrogens with one attached hydrogen (secondary N) is 1. The molecule has 0 spiro atoms. The maximum atomic E-state index is 9.30. The topological polar surface area (TPSA) is 88.9 Å². The van der Waals surface area contributed by atoms with Gasteiger partial charge in [-0.05, 0) is 98.9 Å². The zero-order chi connectivity index (χ0) is 32.4. The van der Waals surface area contributed by atoms with Crippen molar-refractivity contribution in [2.75, 3.05) is 39.4 Å². The van der Waals surface area contributed by atoms with Crippen molar-refractivity contribution in [3.8, 4) is 40.2 Å². The van der Waals surface area contributed by atoms with Crippen LogP contribution in [-0.2, 0) is 19.8 Å². The summed E-state index contributed by atoms with van der Waals surface area (Å²) in [5.74, 6) is 2.76. The zero-order valence-electron chi connectivity index (χ0n) is 26.9. The number of ether oxygens (including phenoxy) is 4. The first-order valence-electron chi connectivity index (χ1n) is 16.4. The molecule has 0 atom stereocenters. The van der Waals surface area contributed by atoms with Crippen molar-refractivity contribution in [2.45, 2.75) is 52.4 Å². The van der Waals surface area contributed by atoms with Crippen molar-refractivity contribution in [3.05, 3.63) is 99.8 Å². The highest BCUT2D eigenvalue weighted by Crippen LogP contribution is 2.37. The van der Waals surface area contributed by atoms with Crippen LogP contribution in [0.4, 0.5) is 0 Å². The summed E-state index contributed by atoms with van der Waals surface area (Å²) in [5.41, 5.74) is 6.59. The number of benzene rings is 3. The highest BCUT2D eigenvalue weighted by atomic mass is 35.5. The fraction of sp³-hybridized carbons (Fsp3) is 0.368. The van der Waals surface area contributed by atoms with Gasteiger partial charge in [-0.25, -0.2) is 0 Å². The molecule has 47 heavy (non-hydrogen) atoms. The van der Waals surface area contributed by atoms with Crippen LogP contribution in [0.5, 0.6) is 23.0 Å². The standard InChI is InChI=1S/C38H41ClN4O4/c1-27-31(7-5-8-33(27)30-9-10-35-38(19-30)45-16-15-44-35)26-47-37-20-36(46-25-29-17-28(21-40)22-42-23-29)32(18-34(37)39)24-41-11-6-14-43-12-3-2-4-13-43/h5,7-10,17-20,22-23,41H,2-4,6,11-16,24-26H2,1H3.